The Labute approximate surface area is 98.8 Å². The highest BCUT2D eigenvalue weighted by atomic mass is 79.9. The lowest BCUT2D eigenvalue weighted by molar-refractivity contribution is 0.242. The second-order valence-corrected chi connectivity index (χ2v) is 5.59. The van der Waals surface area contributed by atoms with Crippen molar-refractivity contribution in [1.29, 1.82) is 0 Å². The topological polar surface area (TPSA) is 9.23 Å². The first-order chi connectivity index (χ1) is 6.88. The summed E-state index contributed by atoms with van der Waals surface area (Å²) in [7, 11) is 0. The van der Waals surface area contributed by atoms with E-state index in [2.05, 4.69) is 36.7 Å². The molecule has 0 heterocycles. The van der Waals surface area contributed by atoms with Crippen LogP contribution in [0.4, 0.5) is 4.39 Å². The standard InChI is InChI=1S/C12H16BrFO/c1-12(2,3)6-7-15-9-4-5-10(13)11(14)8-9/h4-5,8H,6-7H2,1-3H3. The summed E-state index contributed by atoms with van der Waals surface area (Å²) in [5.74, 6) is 0.295. The Morgan fingerprint density at radius 1 is 1.33 bits per heavy atom. The summed E-state index contributed by atoms with van der Waals surface area (Å²) in [6.45, 7) is 7.07. The molecule has 0 saturated heterocycles. The predicted molar refractivity (Wildman–Crippen MR) is 63.7 cm³/mol. The van der Waals surface area contributed by atoms with E-state index in [0.717, 1.165) is 6.42 Å². The van der Waals surface area contributed by atoms with Gasteiger partial charge in [0.25, 0.3) is 0 Å². The Bertz CT molecular complexity index is 331. The summed E-state index contributed by atoms with van der Waals surface area (Å²) in [6.07, 6.45) is 0.949. The van der Waals surface area contributed by atoms with Crippen LogP contribution >= 0.6 is 15.9 Å². The first-order valence-electron chi connectivity index (χ1n) is 4.96. The van der Waals surface area contributed by atoms with Gasteiger partial charge in [-0.3, -0.25) is 0 Å². The van der Waals surface area contributed by atoms with Crippen molar-refractivity contribution in [1.82, 2.24) is 0 Å². The molecule has 0 aliphatic rings. The van der Waals surface area contributed by atoms with Crippen LogP contribution < -0.4 is 4.74 Å². The molecule has 84 valence electrons. The van der Waals surface area contributed by atoms with E-state index in [0.29, 0.717) is 16.8 Å². The van der Waals surface area contributed by atoms with Crippen LogP contribution in [0.2, 0.25) is 0 Å². The Morgan fingerprint density at radius 3 is 2.53 bits per heavy atom. The molecule has 0 N–H and O–H groups in total. The molecule has 0 fully saturated rings. The molecule has 1 nitrogen and oxygen atoms in total. The van der Waals surface area contributed by atoms with Crippen LogP contribution in [0.1, 0.15) is 27.2 Å². The van der Waals surface area contributed by atoms with Crippen LogP contribution in [0.3, 0.4) is 0 Å². The Kier molecular flexibility index (Phi) is 4.14. The summed E-state index contributed by atoms with van der Waals surface area (Å²) >= 11 is 3.10. The van der Waals surface area contributed by atoms with Gasteiger partial charge in [-0.2, -0.15) is 0 Å². The van der Waals surface area contributed by atoms with Crippen LogP contribution in [0, 0.1) is 11.2 Å². The Hall–Kier alpha value is -0.570. The fourth-order valence-electron chi connectivity index (χ4n) is 1.04. The predicted octanol–water partition coefficient (Wildman–Crippen LogP) is 4.40. The van der Waals surface area contributed by atoms with E-state index in [1.165, 1.54) is 6.07 Å². The SMILES string of the molecule is CC(C)(C)CCOc1ccc(Br)c(F)c1. The smallest absolute Gasteiger partial charge is 0.141 e. The molecule has 1 rings (SSSR count). The summed E-state index contributed by atoms with van der Waals surface area (Å²) < 4.78 is 19.0. The molecule has 0 aliphatic heterocycles. The number of ether oxygens (including phenoxy) is 1. The molecule has 1 aromatic carbocycles. The average molecular weight is 275 g/mol. The lowest BCUT2D eigenvalue weighted by Gasteiger charge is -2.18. The van der Waals surface area contributed by atoms with Crippen molar-refractivity contribution in [2.24, 2.45) is 5.41 Å². The van der Waals surface area contributed by atoms with Gasteiger partial charge in [0.05, 0.1) is 11.1 Å². The molecule has 1 aromatic rings. The third-order valence-electron chi connectivity index (χ3n) is 2.01. The van der Waals surface area contributed by atoms with Crippen molar-refractivity contribution < 1.29 is 9.13 Å². The molecule has 0 radical (unpaired) electrons. The van der Waals surface area contributed by atoms with Gasteiger partial charge >= 0.3 is 0 Å². The van der Waals surface area contributed by atoms with E-state index in [4.69, 9.17) is 4.74 Å². The van der Waals surface area contributed by atoms with Crippen molar-refractivity contribution in [2.45, 2.75) is 27.2 Å². The van der Waals surface area contributed by atoms with Crippen molar-refractivity contribution in [2.75, 3.05) is 6.61 Å². The first-order valence-corrected chi connectivity index (χ1v) is 5.76. The minimum absolute atomic E-state index is 0.244. The van der Waals surface area contributed by atoms with Crippen molar-refractivity contribution in [3.63, 3.8) is 0 Å². The van der Waals surface area contributed by atoms with Gasteiger partial charge in [-0.1, -0.05) is 20.8 Å². The minimum Gasteiger partial charge on any atom is -0.493 e. The zero-order valence-electron chi connectivity index (χ0n) is 9.31. The van der Waals surface area contributed by atoms with Gasteiger partial charge < -0.3 is 4.74 Å². The van der Waals surface area contributed by atoms with E-state index < -0.39 is 0 Å². The molecular formula is C12H16BrFO. The quantitative estimate of drug-likeness (QED) is 0.794. The monoisotopic (exact) mass is 274 g/mol. The lowest BCUT2D eigenvalue weighted by Crippen LogP contribution is -2.11. The maximum Gasteiger partial charge on any atom is 0.141 e. The number of rotatable bonds is 3. The highest BCUT2D eigenvalue weighted by Gasteiger charge is 2.10. The Balaban J connectivity index is 2.48. The minimum atomic E-state index is -0.289. The molecule has 0 aliphatic carbocycles. The van der Waals surface area contributed by atoms with Crippen LogP contribution in [-0.4, -0.2) is 6.61 Å². The average Bonchev–Trinajstić information content (AvgIpc) is 2.09. The highest BCUT2D eigenvalue weighted by molar-refractivity contribution is 9.10. The molecule has 0 atom stereocenters. The molecular weight excluding hydrogens is 259 g/mol. The van der Waals surface area contributed by atoms with E-state index in [1.54, 1.807) is 12.1 Å². The van der Waals surface area contributed by atoms with Crippen molar-refractivity contribution in [3.8, 4) is 5.75 Å². The molecule has 0 unspecified atom stereocenters. The second kappa shape index (κ2) is 4.97. The van der Waals surface area contributed by atoms with Gasteiger partial charge in [0.2, 0.25) is 0 Å². The van der Waals surface area contributed by atoms with E-state index in [9.17, 15) is 4.39 Å². The van der Waals surface area contributed by atoms with Crippen LogP contribution in [0.5, 0.6) is 5.75 Å². The summed E-state index contributed by atoms with van der Waals surface area (Å²) in [6, 6.07) is 4.81. The van der Waals surface area contributed by atoms with E-state index in [-0.39, 0.29) is 11.2 Å². The first kappa shape index (κ1) is 12.5. The van der Waals surface area contributed by atoms with Crippen LogP contribution in [-0.2, 0) is 0 Å². The molecule has 15 heavy (non-hydrogen) atoms. The maximum absolute atomic E-state index is 13.1. The van der Waals surface area contributed by atoms with Gasteiger partial charge in [0.15, 0.2) is 0 Å². The second-order valence-electron chi connectivity index (χ2n) is 4.74. The summed E-state index contributed by atoms with van der Waals surface area (Å²) in [4.78, 5) is 0. The fraction of sp³-hybridized carbons (Fsp3) is 0.500. The molecule has 3 heteroatoms. The largest absolute Gasteiger partial charge is 0.493 e. The zero-order valence-corrected chi connectivity index (χ0v) is 10.9. The molecule has 0 amide bonds. The normalized spacial score (nSPS) is 11.5. The van der Waals surface area contributed by atoms with Gasteiger partial charge in [-0.25, -0.2) is 4.39 Å². The molecule has 0 spiro atoms. The lowest BCUT2D eigenvalue weighted by atomic mass is 9.93. The highest BCUT2D eigenvalue weighted by Crippen LogP contribution is 2.23. The number of hydrogen-bond donors (Lipinski definition) is 0. The third kappa shape index (κ3) is 4.65. The maximum atomic E-state index is 13.1. The number of hydrogen-bond acceptors (Lipinski definition) is 1. The van der Waals surface area contributed by atoms with Gasteiger partial charge in [-0.15, -0.1) is 0 Å². The van der Waals surface area contributed by atoms with Crippen LogP contribution in [0.25, 0.3) is 0 Å². The van der Waals surface area contributed by atoms with E-state index in [1.807, 2.05) is 0 Å². The third-order valence-corrected chi connectivity index (χ3v) is 2.65. The molecule has 0 bridgehead atoms. The summed E-state index contributed by atoms with van der Waals surface area (Å²) in [5.41, 5.74) is 0.244. The van der Waals surface area contributed by atoms with E-state index >= 15 is 0 Å². The number of halogens is 2. The van der Waals surface area contributed by atoms with Crippen LogP contribution in [0.15, 0.2) is 22.7 Å². The van der Waals surface area contributed by atoms with Gasteiger partial charge in [0, 0.05) is 6.07 Å². The van der Waals surface area contributed by atoms with Gasteiger partial charge in [0.1, 0.15) is 11.6 Å². The Morgan fingerprint density at radius 2 is 2.00 bits per heavy atom. The van der Waals surface area contributed by atoms with Gasteiger partial charge in [-0.05, 0) is 39.9 Å². The number of benzene rings is 1. The fourth-order valence-corrected chi connectivity index (χ4v) is 1.29. The molecule has 0 aromatic heterocycles. The summed E-state index contributed by atoms with van der Waals surface area (Å²) in [5, 5.41) is 0. The van der Waals surface area contributed by atoms with Crippen molar-refractivity contribution >= 4 is 15.9 Å². The molecule has 0 saturated carbocycles. The van der Waals surface area contributed by atoms with Crippen molar-refractivity contribution in [3.05, 3.63) is 28.5 Å². The zero-order chi connectivity index (χ0) is 11.5.